The van der Waals surface area contributed by atoms with Gasteiger partial charge in [-0.25, -0.2) is 17.6 Å². The van der Waals surface area contributed by atoms with Gasteiger partial charge in [-0.1, -0.05) is 6.58 Å². The first kappa shape index (κ1) is 21.1. The molecule has 0 atom stereocenters. The largest absolute Gasteiger partial charge is 0.322 e. The fourth-order valence-electron chi connectivity index (χ4n) is 2.68. The number of carbonyl (C=O) groups is 1. The van der Waals surface area contributed by atoms with Crippen LogP contribution in [0.25, 0.3) is 11.3 Å². The Morgan fingerprint density at radius 3 is 2.17 bits per heavy atom. The molecule has 30 heavy (non-hydrogen) atoms. The Balaban J connectivity index is 1.97. The van der Waals surface area contributed by atoms with E-state index in [-0.39, 0.29) is 5.69 Å². The maximum Gasteiger partial charge on any atom is 0.309 e. The lowest BCUT2D eigenvalue weighted by Crippen LogP contribution is -2.16. The normalized spacial score (nSPS) is 11.4. The molecule has 0 spiro atoms. The van der Waals surface area contributed by atoms with Crippen molar-refractivity contribution in [2.24, 2.45) is 7.05 Å². The van der Waals surface area contributed by atoms with E-state index < -0.39 is 57.6 Å². The molecule has 1 aromatic carbocycles. The van der Waals surface area contributed by atoms with Crippen LogP contribution in [-0.2, 0) is 13.0 Å². The number of hydrogen-bond acceptors (Lipinski definition) is 3. The van der Waals surface area contributed by atoms with E-state index >= 15 is 0 Å². The molecule has 1 N–H and O–H groups in total. The van der Waals surface area contributed by atoms with Crippen LogP contribution in [0.1, 0.15) is 16.1 Å². The van der Waals surface area contributed by atoms with Crippen molar-refractivity contribution in [3.8, 4) is 11.3 Å². The number of anilines is 1. The molecule has 0 aliphatic rings. The Hall–Kier alpha value is -3.63. The third-order valence-corrected chi connectivity index (χ3v) is 4.11. The van der Waals surface area contributed by atoms with Crippen LogP contribution in [0.5, 0.6) is 0 Å². The van der Waals surface area contributed by atoms with Crippen LogP contribution in [0.3, 0.4) is 0 Å². The number of halogens is 6. The van der Waals surface area contributed by atoms with Crippen molar-refractivity contribution >= 4 is 11.6 Å². The molecule has 5 nitrogen and oxygen atoms in total. The molecular formula is C19H12F6N4O. The van der Waals surface area contributed by atoms with Crippen LogP contribution in [0.4, 0.5) is 32.0 Å². The monoisotopic (exact) mass is 426 g/mol. The number of nitrogens with zero attached hydrogens (tertiary/aromatic N) is 3. The minimum absolute atomic E-state index is 0.300. The zero-order chi connectivity index (χ0) is 22.2. The van der Waals surface area contributed by atoms with Crippen molar-refractivity contribution < 1.29 is 31.1 Å². The van der Waals surface area contributed by atoms with Gasteiger partial charge in [0.05, 0.1) is 23.7 Å². The Kier molecular flexibility index (Phi) is 5.38. The van der Waals surface area contributed by atoms with Gasteiger partial charge in [-0.2, -0.15) is 13.9 Å². The second-order valence-corrected chi connectivity index (χ2v) is 6.11. The first-order valence-electron chi connectivity index (χ1n) is 8.21. The minimum atomic E-state index is -3.52. The second-order valence-electron chi connectivity index (χ2n) is 6.11. The number of hydrogen-bond donors (Lipinski definition) is 1. The molecule has 0 aliphatic carbocycles. The predicted molar refractivity (Wildman–Crippen MR) is 94.8 cm³/mol. The molecule has 2 heterocycles. The average molecular weight is 426 g/mol. The van der Waals surface area contributed by atoms with E-state index in [0.717, 1.165) is 10.7 Å². The Bertz CT molecular complexity index is 1110. The molecule has 156 valence electrons. The average Bonchev–Trinajstić information content (AvgIpc) is 3.03. The number of allylic oxidation sites excluding steroid dienone is 1. The number of carbonyl (C=O) groups excluding carboxylic acids is 1. The molecule has 0 fully saturated rings. The van der Waals surface area contributed by atoms with Gasteiger partial charge >= 0.3 is 5.92 Å². The SMILES string of the molecule is C=CC(F)(F)c1cc(-c2c(F)cc(NC(=O)c3c(F)cncc3F)cc2F)n(C)n1. The Labute approximate surface area is 165 Å². The predicted octanol–water partition coefficient (Wildman–Crippen LogP) is 4.57. The molecule has 0 bridgehead atoms. The summed E-state index contributed by atoms with van der Waals surface area (Å²) in [7, 11) is 1.21. The lowest BCUT2D eigenvalue weighted by Gasteiger charge is -2.10. The van der Waals surface area contributed by atoms with Gasteiger partial charge in [-0.15, -0.1) is 0 Å². The Morgan fingerprint density at radius 2 is 1.63 bits per heavy atom. The van der Waals surface area contributed by atoms with Crippen molar-refractivity contribution in [3.05, 3.63) is 77.8 Å². The molecule has 3 rings (SSSR count). The fraction of sp³-hybridized carbons (Fsp3) is 0.105. The van der Waals surface area contributed by atoms with Crippen LogP contribution in [0, 0.1) is 23.3 Å². The molecular weight excluding hydrogens is 414 g/mol. The van der Waals surface area contributed by atoms with Crippen molar-refractivity contribution in [3.63, 3.8) is 0 Å². The van der Waals surface area contributed by atoms with Gasteiger partial charge < -0.3 is 5.32 Å². The fourth-order valence-corrected chi connectivity index (χ4v) is 2.68. The summed E-state index contributed by atoms with van der Waals surface area (Å²) < 4.78 is 84.7. The van der Waals surface area contributed by atoms with E-state index in [0.29, 0.717) is 30.6 Å². The van der Waals surface area contributed by atoms with Gasteiger partial charge in [-0.05, 0) is 24.3 Å². The van der Waals surface area contributed by atoms with Gasteiger partial charge in [-0.3, -0.25) is 14.5 Å². The summed E-state index contributed by atoms with van der Waals surface area (Å²) >= 11 is 0. The highest BCUT2D eigenvalue weighted by Gasteiger charge is 2.32. The molecule has 0 aliphatic heterocycles. The Morgan fingerprint density at radius 1 is 1.07 bits per heavy atom. The highest BCUT2D eigenvalue weighted by molar-refractivity contribution is 6.04. The van der Waals surface area contributed by atoms with Gasteiger partial charge in [0, 0.05) is 12.7 Å². The molecule has 2 aromatic heterocycles. The third-order valence-electron chi connectivity index (χ3n) is 4.11. The lowest BCUT2D eigenvalue weighted by atomic mass is 10.1. The smallest absolute Gasteiger partial charge is 0.309 e. The molecule has 0 saturated heterocycles. The van der Waals surface area contributed by atoms with Crippen LogP contribution in [-0.4, -0.2) is 20.7 Å². The van der Waals surface area contributed by atoms with Gasteiger partial charge in [0.15, 0.2) is 11.6 Å². The molecule has 0 radical (unpaired) electrons. The summed E-state index contributed by atoms with van der Waals surface area (Å²) in [6.45, 7) is 2.99. The quantitative estimate of drug-likeness (QED) is 0.481. The van der Waals surface area contributed by atoms with Gasteiger partial charge in [0.1, 0.15) is 22.9 Å². The number of nitrogens with one attached hydrogen (secondary N) is 1. The standard InChI is InChI=1S/C19H12F6N4O/c1-3-19(24,25)15-6-14(29(2)28-15)16-10(20)4-9(5-11(16)21)27-18(30)17-12(22)7-26-8-13(17)23/h3-8H,1H2,2H3,(H,27,30). The zero-order valence-electron chi connectivity index (χ0n) is 15.2. The second kappa shape index (κ2) is 7.65. The zero-order valence-corrected chi connectivity index (χ0v) is 15.2. The number of aromatic nitrogens is 3. The lowest BCUT2D eigenvalue weighted by molar-refractivity contribution is 0.0470. The maximum atomic E-state index is 14.6. The first-order valence-corrected chi connectivity index (χ1v) is 8.21. The highest BCUT2D eigenvalue weighted by atomic mass is 19.3. The van der Waals surface area contributed by atoms with Crippen LogP contribution < -0.4 is 5.32 Å². The van der Waals surface area contributed by atoms with Crippen molar-refractivity contribution in [2.75, 3.05) is 5.32 Å². The molecule has 0 unspecified atom stereocenters. The highest BCUT2D eigenvalue weighted by Crippen LogP contribution is 2.34. The summed E-state index contributed by atoms with van der Waals surface area (Å²) in [6, 6.07) is 2.14. The molecule has 0 saturated carbocycles. The topological polar surface area (TPSA) is 59.8 Å². The van der Waals surface area contributed by atoms with E-state index in [1.165, 1.54) is 7.05 Å². The van der Waals surface area contributed by atoms with E-state index in [2.05, 4.69) is 16.7 Å². The van der Waals surface area contributed by atoms with Crippen LogP contribution in [0.2, 0.25) is 0 Å². The number of pyridine rings is 1. The number of benzene rings is 1. The number of amides is 1. The van der Waals surface area contributed by atoms with E-state index in [4.69, 9.17) is 0 Å². The summed E-state index contributed by atoms with van der Waals surface area (Å²) in [5, 5.41) is 5.52. The number of rotatable bonds is 5. The summed E-state index contributed by atoms with van der Waals surface area (Å²) in [6.07, 6.45) is 1.53. The third kappa shape index (κ3) is 3.78. The summed E-state index contributed by atoms with van der Waals surface area (Å²) in [4.78, 5) is 15.3. The van der Waals surface area contributed by atoms with Crippen molar-refractivity contribution in [1.82, 2.24) is 14.8 Å². The van der Waals surface area contributed by atoms with Crippen LogP contribution >= 0.6 is 0 Å². The summed E-state index contributed by atoms with van der Waals surface area (Å²) in [5.41, 5.74) is -3.19. The van der Waals surface area contributed by atoms with E-state index in [9.17, 15) is 31.1 Å². The van der Waals surface area contributed by atoms with E-state index in [1.807, 2.05) is 5.32 Å². The molecule has 11 heteroatoms. The van der Waals surface area contributed by atoms with Crippen molar-refractivity contribution in [1.29, 1.82) is 0 Å². The first-order chi connectivity index (χ1) is 14.0. The maximum absolute atomic E-state index is 14.6. The van der Waals surface area contributed by atoms with Crippen molar-refractivity contribution in [2.45, 2.75) is 5.92 Å². The van der Waals surface area contributed by atoms with Crippen LogP contribution in [0.15, 0.2) is 43.2 Å². The molecule has 1 amide bonds. The van der Waals surface area contributed by atoms with Gasteiger partial charge in [0.2, 0.25) is 0 Å². The van der Waals surface area contributed by atoms with E-state index in [1.54, 1.807) is 0 Å². The minimum Gasteiger partial charge on any atom is -0.322 e. The summed E-state index contributed by atoms with van der Waals surface area (Å²) in [5.74, 6) is -9.80. The molecule has 3 aromatic rings. The number of aryl methyl sites for hydroxylation is 1. The number of alkyl halides is 2. The van der Waals surface area contributed by atoms with Gasteiger partial charge in [0.25, 0.3) is 5.91 Å².